The van der Waals surface area contributed by atoms with Crippen molar-refractivity contribution in [2.45, 2.75) is 32.7 Å². The van der Waals surface area contributed by atoms with E-state index in [-0.39, 0.29) is 11.3 Å². The second kappa shape index (κ2) is 7.76. The van der Waals surface area contributed by atoms with Gasteiger partial charge in [0.15, 0.2) is 0 Å². The van der Waals surface area contributed by atoms with E-state index in [9.17, 15) is 4.79 Å². The number of piperazine rings is 1. The molecule has 0 spiro atoms. The number of aromatic nitrogens is 1. The average Bonchev–Trinajstić information content (AvgIpc) is 3.11. The van der Waals surface area contributed by atoms with E-state index in [4.69, 9.17) is 9.72 Å². The minimum atomic E-state index is 0.0767. The fourth-order valence-corrected chi connectivity index (χ4v) is 4.03. The van der Waals surface area contributed by atoms with E-state index in [1.165, 1.54) is 0 Å². The third-order valence-electron chi connectivity index (χ3n) is 4.66. The molecule has 0 radical (unpaired) electrons. The largest absolute Gasteiger partial charge is 0.497 e. The fraction of sp³-hybridized carbons (Fsp3) is 0.500. The summed E-state index contributed by atoms with van der Waals surface area (Å²) in [7, 11) is 1.62. The molecule has 1 aromatic heterocycles. The van der Waals surface area contributed by atoms with Crippen molar-refractivity contribution in [1.29, 1.82) is 0 Å². The van der Waals surface area contributed by atoms with Crippen molar-refractivity contribution >= 4 is 17.2 Å². The summed E-state index contributed by atoms with van der Waals surface area (Å²) < 4.78 is 5.22. The van der Waals surface area contributed by atoms with E-state index in [0.717, 1.165) is 43.4 Å². The molecule has 0 atom stereocenters. The van der Waals surface area contributed by atoms with Crippen molar-refractivity contribution in [3.63, 3.8) is 0 Å². The summed E-state index contributed by atoms with van der Waals surface area (Å²) in [5, 5.41) is 3.32. The Kier molecular flexibility index (Phi) is 5.63. The maximum absolute atomic E-state index is 12.7. The van der Waals surface area contributed by atoms with Gasteiger partial charge in [-0.25, -0.2) is 4.98 Å². The van der Waals surface area contributed by atoms with Crippen molar-refractivity contribution in [3.8, 4) is 5.75 Å². The number of hydrogen-bond donors (Lipinski definition) is 0. The number of carbonyl (C=O) groups excluding carboxylic acids is 1. The first-order valence-electron chi connectivity index (χ1n) is 8.97. The lowest BCUT2D eigenvalue weighted by molar-refractivity contribution is 0.0628. The van der Waals surface area contributed by atoms with Gasteiger partial charge in [-0.2, -0.15) is 0 Å². The fourth-order valence-electron chi connectivity index (χ4n) is 2.97. The van der Waals surface area contributed by atoms with Crippen LogP contribution in [0.4, 0.5) is 0 Å². The highest BCUT2D eigenvalue weighted by Gasteiger charge is 2.24. The number of hydrogen-bond acceptors (Lipinski definition) is 5. The molecular formula is C20H27N3O2S. The third kappa shape index (κ3) is 4.43. The molecule has 1 aliphatic heterocycles. The Hall–Kier alpha value is -1.92. The first-order valence-corrected chi connectivity index (χ1v) is 9.85. The smallest absolute Gasteiger partial charge is 0.254 e. The Balaban J connectivity index is 1.55. The predicted molar refractivity (Wildman–Crippen MR) is 105 cm³/mol. The highest BCUT2D eigenvalue weighted by Crippen LogP contribution is 2.25. The second-order valence-corrected chi connectivity index (χ2v) is 8.62. The molecule has 6 heteroatoms. The van der Waals surface area contributed by atoms with Crippen LogP contribution in [0.1, 0.15) is 41.8 Å². The van der Waals surface area contributed by atoms with Gasteiger partial charge in [0.25, 0.3) is 5.91 Å². The molecular weight excluding hydrogens is 346 g/mol. The van der Waals surface area contributed by atoms with Gasteiger partial charge in [0, 0.05) is 42.5 Å². The van der Waals surface area contributed by atoms with E-state index < -0.39 is 0 Å². The van der Waals surface area contributed by atoms with Crippen molar-refractivity contribution < 1.29 is 9.53 Å². The molecule has 1 aliphatic rings. The van der Waals surface area contributed by atoms with Gasteiger partial charge in [0.05, 0.1) is 19.3 Å². The molecule has 0 saturated carbocycles. The summed E-state index contributed by atoms with van der Waals surface area (Å²) >= 11 is 1.73. The van der Waals surface area contributed by atoms with Crippen molar-refractivity contribution in [2.75, 3.05) is 33.3 Å². The highest BCUT2D eigenvalue weighted by atomic mass is 32.1. The van der Waals surface area contributed by atoms with Crippen molar-refractivity contribution in [3.05, 3.63) is 45.9 Å². The molecule has 26 heavy (non-hydrogen) atoms. The topological polar surface area (TPSA) is 45.7 Å². The Morgan fingerprint density at radius 2 is 1.96 bits per heavy atom. The van der Waals surface area contributed by atoms with Crippen LogP contribution in [0.25, 0.3) is 0 Å². The Morgan fingerprint density at radius 3 is 2.58 bits per heavy atom. The summed E-state index contributed by atoms with van der Waals surface area (Å²) in [6.07, 6.45) is 0. The van der Waals surface area contributed by atoms with Gasteiger partial charge in [0.1, 0.15) is 10.8 Å². The quantitative estimate of drug-likeness (QED) is 0.824. The Bertz CT molecular complexity index is 758. The van der Waals surface area contributed by atoms with Crippen LogP contribution >= 0.6 is 11.3 Å². The zero-order chi connectivity index (χ0) is 18.7. The lowest BCUT2D eigenvalue weighted by atomic mass is 9.93. The molecule has 2 aromatic rings. The molecule has 2 heterocycles. The number of nitrogens with zero attached hydrogens (tertiary/aromatic N) is 3. The van der Waals surface area contributed by atoms with Crippen LogP contribution in [-0.2, 0) is 12.0 Å². The maximum Gasteiger partial charge on any atom is 0.254 e. The van der Waals surface area contributed by atoms with E-state index >= 15 is 0 Å². The molecule has 5 nitrogen and oxygen atoms in total. The summed E-state index contributed by atoms with van der Waals surface area (Å²) in [6.45, 7) is 10.7. The van der Waals surface area contributed by atoms with Crippen LogP contribution in [0, 0.1) is 0 Å². The van der Waals surface area contributed by atoms with E-state index in [2.05, 4.69) is 31.1 Å². The number of methoxy groups -OCH3 is 1. The van der Waals surface area contributed by atoms with E-state index in [1.54, 1.807) is 24.5 Å². The van der Waals surface area contributed by atoms with Gasteiger partial charge in [-0.15, -0.1) is 11.3 Å². The first kappa shape index (κ1) is 18.9. The molecule has 0 bridgehead atoms. The number of benzene rings is 1. The van der Waals surface area contributed by atoms with E-state index in [1.807, 2.05) is 23.1 Å². The number of thiazole rings is 1. The van der Waals surface area contributed by atoms with Crippen LogP contribution in [-0.4, -0.2) is 54.0 Å². The summed E-state index contributed by atoms with van der Waals surface area (Å²) in [5.41, 5.74) is 1.94. The van der Waals surface area contributed by atoms with Crippen molar-refractivity contribution in [1.82, 2.24) is 14.8 Å². The minimum Gasteiger partial charge on any atom is -0.497 e. The maximum atomic E-state index is 12.7. The van der Waals surface area contributed by atoms with Crippen LogP contribution in [0.15, 0.2) is 29.6 Å². The summed E-state index contributed by atoms with van der Waals surface area (Å²) in [5.74, 6) is 0.792. The van der Waals surface area contributed by atoms with Crippen LogP contribution in [0.5, 0.6) is 5.75 Å². The van der Waals surface area contributed by atoms with E-state index in [0.29, 0.717) is 11.3 Å². The minimum absolute atomic E-state index is 0.0767. The van der Waals surface area contributed by atoms with Crippen LogP contribution in [0.2, 0.25) is 0 Å². The van der Waals surface area contributed by atoms with Gasteiger partial charge in [0.2, 0.25) is 0 Å². The van der Waals surface area contributed by atoms with Gasteiger partial charge >= 0.3 is 0 Å². The average molecular weight is 374 g/mol. The normalized spacial score (nSPS) is 15.9. The standard InChI is InChI=1S/C20H27N3O2S/c1-20(2,3)17-14-26-18(21-17)13-22-8-10-23(11-9-22)19(24)15-6-5-7-16(12-15)25-4/h5-7,12,14H,8-11,13H2,1-4H3. The Morgan fingerprint density at radius 1 is 1.23 bits per heavy atom. The molecule has 0 aliphatic carbocycles. The number of ether oxygens (including phenoxy) is 1. The molecule has 1 amide bonds. The molecule has 1 saturated heterocycles. The number of amides is 1. The van der Waals surface area contributed by atoms with Gasteiger partial charge in [-0.1, -0.05) is 26.8 Å². The lowest BCUT2D eigenvalue weighted by Gasteiger charge is -2.34. The first-order chi connectivity index (χ1) is 12.4. The molecule has 0 unspecified atom stereocenters. The number of carbonyl (C=O) groups is 1. The molecule has 3 rings (SSSR count). The monoisotopic (exact) mass is 373 g/mol. The molecule has 1 fully saturated rings. The van der Waals surface area contributed by atoms with Gasteiger partial charge in [-0.3, -0.25) is 9.69 Å². The lowest BCUT2D eigenvalue weighted by Crippen LogP contribution is -2.48. The number of rotatable bonds is 4. The van der Waals surface area contributed by atoms with Crippen molar-refractivity contribution in [2.24, 2.45) is 0 Å². The third-order valence-corrected chi connectivity index (χ3v) is 5.49. The predicted octanol–water partition coefficient (Wildman–Crippen LogP) is 3.41. The Labute approximate surface area is 159 Å². The van der Waals surface area contributed by atoms with Gasteiger partial charge < -0.3 is 9.64 Å². The summed E-state index contributed by atoms with van der Waals surface area (Å²) in [6, 6.07) is 7.37. The van der Waals surface area contributed by atoms with Gasteiger partial charge in [-0.05, 0) is 18.2 Å². The molecule has 140 valence electrons. The SMILES string of the molecule is COc1cccc(C(=O)N2CCN(Cc3nc(C(C)(C)C)cs3)CC2)c1. The molecule has 0 N–H and O–H groups in total. The second-order valence-electron chi connectivity index (χ2n) is 7.68. The van der Waals surface area contributed by atoms with Crippen LogP contribution in [0.3, 0.4) is 0 Å². The highest BCUT2D eigenvalue weighted by molar-refractivity contribution is 7.09. The zero-order valence-electron chi connectivity index (χ0n) is 16.0. The van der Waals surface area contributed by atoms with Crippen LogP contribution < -0.4 is 4.74 Å². The summed E-state index contributed by atoms with van der Waals surface area (Å²) in [4.78, 5) is 21.8. The molecule has 1 aromatic carbocycles. The zero-order valence-corrected chi connectivity index (χ0v) is 16.8.